The van der Waals surface area contributed by atoms with Gasteiger partial charge >= 0.3 is 0 Å². The van der Waals surface area contributed by atoms with Crippen molar-refractivity contribution >= 4 is 17.7 Å². The third-order valence-electron chi connectivity index (χ3n) is 4.19. The van der Waals surface area contributed by atoms with Gasteiger partial charge in [-0.05, 0) is 55.9 Å². The number of hydrogen-bond donors (Lipinski definition) is 1. The highest BCUT2D eigenvalue weighted by atomic mass is 32.2. The first-order valence-electron chi connectivity index (χ1n) is 7.08. The van der Waals surface area contributed by atoms with Crippen molar-refractivity contribution in [2.75, 3.05) is 18.6 Å². The van der Waals surface area contributed by atoms with Crippen molar-refractivity contribution in [3.8, 4) is 0 Å². The molecule has 1 N–H and O–H groups in total. The Morgan fingerprint density at radius 3 is 2.53 bits per heavy atom. The van der Waals surface area contributed by atoms with E-state index < -0.39 is 0 Å². The molecule has 2 aliphatic rings. The van der Waals surface area contributed by atoms with E-state index in [1.54, 1.807) is 0 Å². The first-order chi connectivity index (χ1) is 8.31. The minimum atomic E-state index is 0.335. The number of thioether (sulfide) groups is 1. The van der Waals surface area contributed by atoms with Crippen LogP contribution in [0.15, 0.2) is 0 Å². The van der Waals surface area contributed by atoms with Crippen LogP contribution in [0, 0.1) is 17.8 Å². The Bertz CT molecular complexity index is 247. The van der Waals surface area contributed by atoms with Crippen molar-refractivity contribution in [3.05, 3.63) is 0 Å². The van der Waals surface area contributed by atoms with Gasteiger partial charge in [0.05, 0.1) is 0 Å². The van der Waals surface area contributed by atoms with E-state index in [9.17, 15) is 4.79 Å². The fraction of sp³-hybridized carbons (Fsp3) is 0.929. The molecule has 0 aromatic rings. The third-order valence-corrected chi connectivity index (χ3v) is 4.89. The number of carbonyl (C=O) groups is 1. The largest absolute Gasteiger partial charge is 0.356 e. The molecule has 0 saturated heterocycles. The molecule has 0 bridgehead atoms. The molecule has 0 aromatic heterocycles. The van der Waals surface area contributed by atoms with Gasteiger partial charge in [0.25, 0.3) is 0 Å². The van der Waals surface area contributed by atoms with E-state index in [4.69, 9.17) is 0 Å². The Hall–Kier alpha value is -0.180. The summed E-state index contributed by atoms with van der Waals surface area (Å²) >= 11 is 1.92. The van der Waals surface area contributed by atoms with Crippen molar-refractivity contribution in [2.45, 2.75) is 44.9 Å². The van der Waals surface area contributed by atoms with Crippen LogP contribution in [-0.2, 0) is 4.79 Å². The summed E-state index contributed by atoms with van der Waals surface area (Å²) in [6, 6.07) is 0. The highest BCUT2D eigenvalue weighted by molar-refractivity contribution is 7.98. The standard InChI is InChI=1S/C14H25NOS/c1-17-7-5-3-2-4-6-15-14(16)13-9-11-8-12(11)10-13/h11-13H,2-10H2,1H3,(H,15,16). The molecule has 0 heterocycles. The monoisotopic (exact) mass is 255 g/mol. The van der Waals surface area contributed by atoms with E-state index >= 15 is 0 Å². The van der Waals surface area contributed by atoms with Crippen LogP contribution in [0.1, 0.15) is 44.9 Å². The highest BCUT2D eigenvalue weighted by Gasteiger charge is 2.47. The van der Waals surface area contributed by atoms with Crippen molar-refractivity contribution in [1.82, 2.24) is 5.32 Å². The first kappa shape index (κ1) is 13.3. The van der Waals surface area contributed by atoms with Gasteiger partial charge in [-0.2, -0.15) is 11.8 Å². The smallest absolute Gasteiger partial charge is 0.223 e. The zero-order valence-corrected chi connectivity index (χ0v) is 11.7. The van der Waals surface area contributed by atoms with Crippen LogP contribution in [-0.4, -0.2) is 24.5 Å². The van der Waals surface area contributed by atoms with Gasteiger partial charge in [-0.25, -0.2) is 0 Å². The number of fused-ring (bicyclic) bond motifs is 1. The average molecular weight is 255 g/mol. The lowest BCUT2D eigenvalue weighted by Gasteiger charge is -2.12. The van der Waals surface area contributed by atoms with Gasteiger partial charge in [-0.3, -0.25) is 4.79 Å². The summed E-state index contributed by atoms with van der Waals surface area (Å²) in [5.41, 5.74) is 0. The van der Waals surface area contributed by atoms with Gasteiger partial charge in [0, 0.05) is 12.5 Å². The molecule has 2 nitrogen and oxygen atoms in total. The van der Waals surface area contributed by atoms with Gasteiger partial charge in [0.1, 0.15) is 0 Å². The van der Waals surface area contributed by atoms with Crippen molar-refractivity contribution in [1.29, 1.82) is 0 Å². The average Bonchev–Trinajstić information content (AvgIpc) is 2.95. The number of rotatable bonds is 8. The van der Waals surface area contributed by atoms with Crippen LogP contribution in [0.25, 0.3) is 0 Å². The normalized spacial score (nSPS) is 30.1. The summed E-state index contributed by atoms with van der Waals surface area (Å²) in [5.74, 6) is 3.79. The van der Waals surface area contributed by atoms with Crippen LogP contribution < -0.4 is 5.32 Å². The maximum absolute atomic E-state index is 11.8. The molecule has 3 heteroatoms. The van der Waals surface area contributed by atoms with E-state index in [1.165, 1.54) is 44.3 Å². The van der Waals surface area contributed by atoms with Gasteiger partial charge in [-0.1, -0.05) is 12.8 Å². The number of nitrogens with one attached hydrogen (secondary N) is 1. The van der Waals surface area contributed by atoms with Crippen LogP contribution in [0.2, 0.25) is 0 Å². The van der Waals surface area contributed by atoms with E-state index in [1.807, 2.05) is 11.8 Å². The summed E-state index contributed by atoms with van der Waals surface area (Å²) in [7, 11) is 0. The Kier molecular flexibility index (Phi) is 5.20. The topological polar surface area (TPSA) is 29.1 Å². The molecule has 0 spiro atoms. The number of hydrogen-bond acceptors (Lipinski definition) is 2. The van der Waals surface area contributed by atoms with Gasteiger partial charge in [-0.15, -0.1) is 0 Å². The van der Waals surface area contributed by atoms with Gasteiger partial charge in [0.2, 0.25) is 5.91 Å². The molecule has 2 unspecified atom stereocenters. The third kappa shape index (κ3) is 4.20. The minimum Gasteiger partial charge on any atom is -0.356 e. The summed E-state index contributed by atoms with van der Waals surface area (Å²) in [5, 5.41) is 3.11. The van der Waals surface area contributed by atoms with E-state index in [0.717, 1.165) is 24.8 Å². The van der Waals surface area contributed by atoms with E-state index in [-0.39, 0.29) is 0 Å². The second-order valence-electron chi connectivity index (χ2n) is 5.62. The Balaban J connectivity index is 1.43. The summed E-state index contributed by atoms with van der Waals surface area (Å²) < 4.78 is 0. The van der Waals surface area contributed by atoms with Crippen molar-refractivity contribution in [2.24, 2.45) is 17.8 Å². The van der Waals surface area contributed by atoms with Crippen LogP contribution in [0.3, 0.4) is 0 Å². The number of carbonyl (C=O) groups excluding carboxylic acids is 1. The number of unbranched alkanes of at least 4 members (excludes halogenated alkanes) is 3. The molecule has 0 aliphatic heterocycles. The molecule has 2 saturated carbocycles. The fourth-order valence-corrected chi connectivity index (χ4v) is 3.50. The second kappa shape index (κ2) is 6.67. The summed E-state index contributed by atoms with van der Waals surface area (Å²) in [4.78, 5) is 11.8. The molecule has 2 aliphatic carbocycles. The van der Waals surface area contributed by atoms with Crippen molar-refractivity contribution < 1.29 is 4.79 Å². The molecule has 17 heavy (non-hydrogen) atoms. The Labute approximate surface area is 109 Å². The molecular formula is C14H25NOS. The minimum absolute atomic E-state index is 0.335. The molecular weight excluding hydrogens is 230 g/mol. The van der Waals surface area contributed by atoms with Gasteiger partial charge < -0.3 is 5.32 Å². The van der Waals surface area contributed by atoms with Crippen molar-refractivity contribution in [3.63, 3.8) is 0 Å². The SMILES string of the molecule is CSCCCCCCNC(=O)C1CC2CC2C1. The predicted molar refractivity (Wildman–Crippen MR) is 74.2 cm³/mol. The van der Waals surface area contributed by atoms with Crippen LogP contribution in [0.4, 0.5) is 0 Å². The molecule has 1 amide bonds. The lowest BCUT2D eigenvalue weighted by molar-refractivity contribution is -0.125. The maximum Gasteiger partial charge on any atom is 0.223 e. The quantitative estimate of drug-likeness (QED) is 0.675. The molecule has 2 atom stereocenters. The molecule has 2 rings (SSSR count). The molecule has 0 aromatic carbocycles. The predicted octanol–water partition coefficient (Wildman–Crippen LogP) is 3.07. The summed E-state index contributed by atoms with van der Waals surface area (Å²) in [6.07, 6.45) is 10.9. The molecule has 2 fully saturated rings. The molecule has 0 radical (unpaired) electrons. The van der Waals surface area contributed by atoms with E-state index in [2.05, 4.69) is 11.6 Å². The lowest BCUT2D eigenvalue weighted by Crippen LogP contribution is -2.30. The summed E-state index contributed by atoms with van der Waals surface area (Å²) in [6.45, 7) is 0.893. The highest BCUT2D eigenvalue weighted by Crippen LogP contribution is 2.54. The van der Waals surface area contributed by atoms with Crippen LogP contribution >= 0.6 is 11.8 Å². The maximum atomic E-state index is 11.8. The first-order valence-corrected chi connectivity index (χ1v) is 8.47. The van der Waals surface area contributed by atoms with Crippen LogP contribution in [0.5, 0.6) is 0 Å². The second-order valence-corrected chi connectivity index (χ2v) is 6.61. The Morgan fingerprint density at radius 1 is 1.12 bits per heavy atom. The number of amides is 1. The van der Waals surface area contributed by atoms with Gasteiger partial charge in [0.15, 0.2) is 0 Å². The Morgan fingerprint density at radius 2 is 1.82 bits per heavy atom. The zero-order valence-electron chi connectivity index (χ0n) is 10.9. The van der Waals surface area contributed by atoms with E-state index in [0.29, 0.717) is 11.8 Å². The lowest BCUT2D eigenvalue weighted by atomic mass is 10.0. The zero-order chi connectivity index (χ0) is 12.1. The fourth-order valence-electron chi connectivity index (χ4n) is 3.01. The molecule has 98 valence electrons.